The number of hydrogen-bond acceptors (Lipinski definition) is 4. The van der Waals surface area contributed by atoms with Crippen LogP contribution < -0.4 is 15.2 Å². The van der Waals surface area contributed by atoms with Crippen LogP contribution in [-0.2, 0) is 6.42 Å². The van der Waals surface area contributed by atoms with Gasteiger partial charge < -0.3 is 15.2 Å². The molecule has 1 fully saturated rings. The summed E-state index contributed by atoms with van der Waals surface area (Å²) in [5.41, 5.74) is 7.44. The Kier molecular flexibility index (Phi) is 5.12. The van der Waals surface area contributed by atoms with Crippen LogP contribution in [0.3, 0.4) is 0 Å². The average molecular weight is 292 g/mol. The van der Waals surface area contributed by atoms with Crippen LogP contribution in [0.4, 0.5) is 0 Å². The third-order valence-corrected chi connectivity index (χ3v) is 4.52. The molecule has 21 heavy (non-hydrogen) atoms. The summed E-state index contributed by atoms with van der Waals surface area (Å²) in [6.07, 6.45) is 3.28. The van der Waals surface area contributed by atoms with E-state index in [0.29, 0.717) is 0 Å². The van der Waals surface area contributed by atoms with Crippen LogP contribution in [0, 0.1) is 5.92 Å². The van der Waals surface area contributed by atoms with Gasteiger partial charge in [0, 0.05) is 19.5 Å². The normalized spacial score (nSPS) is 20.0. The Morgan fingerprint density at radius 1 is 1.19 bits per heavy atom. The maximum atomic E-state index is 6.58. The van der Waals surface area contributed by atoms with E-state index in [4.69, 9.17) is 15.2 Å². The molecule has 1 aliphatic rings. The Hall–Kier alpha value is -1.26. The van der Waals surface area contributed by atoms with Gasteiger partial charge in [0.25, 0.3) is 0 Å². The van der Waals surface area contributed by atoms with Crippen LogP contribution >= 0.6 is 0 Å². The molecule has 0 amide bonds. The van der Waals surface area contributed by atoms with Crippen molar-refractivity contribution in [3.8, 4) is 11.5 Å². The fraction of sp³-hybridized carbons (Fsp3) is 0.647. The third-order valence-electron chi connectivity index (χ3n) is 4.52. The second-order valence-electron chi connectivity index (χ2n) is 6.39. The summed E-state index contributed by atoms with van der Waals surface area (Å²) in [7, 11) is 3.31. The van der Waals surface area contributed by atoms with E-state index in [1.54, 1.807) is 14.2 Å². The molecule has 0 aliphatic carbocycles. The number of hydrogen-bond donors (Lipinski definition) is 1. The molecule has 2 rings (SSSR count). The summed E-state index contributed by atoms with van der Waals surface area (Å²) >= 11 is 0. The molecule has 1 unspecified atom stereocenters. The van der Waals surface area contributed by atoms with E-state index in [2.05, 4.69) is 24.8 Å². The first kappa shape index (κ1) is 16.1. The molecule has 1 heterocycles. The summed E-state index contributed by atoms with van der Waals surface area (Å²) in [5, 5.41) is 0. The molecule has 2 N–H and O–H groups in total. The molecule has 1 aromatic carbocycles. The van der Waals surface area contributed by atoms with E-state index in [1.165, 1.54) is 18.4 Å². The van der Waals surface area contributed by atoms with Gasteiger partial charge in [0.1, 0.15) is 0 Å². The Bertz CT molecular complexity index is 466. The fourth-order valence-corrected chi connectivity index (χ4v) is 3.04. The van der Waals surface area contributed by atoms with Crippen LogP contribution in [-0.4, -0.2) is 37.9 Å². The first-order valence-corrected chi connectivity index (χ1v) is 7.71. The molecule has 1 aliphatic heterocycles. The molecular formula is C17H28N2O2. The van der Waals surface area contributed by atoms with E-state index in [9.17, 15) is 0 Å². The lowest BCUT2D eigenvalue weighted by atomic mass is 9.93. The molecule has 118 valence electrons. The van der Waals surface area contributed by atoms with Gasteiger partial charge in [-0.1, -0.05) is 13.0 Å². The quantitative estimate of drug-likeness (QED) is 0.906. The van der Waals surface area contributed by atoms with Crippen LogP contribution in [0.1, 0.15) is 32.3 Å². The van der Waals surface area contributed by atoms with Crippen molar-refractivity contribution in [3.63, 3.8) is 0 Å². The molecule has 1 aromatic rings. The van der Waals surface area contributed by atoms with Crippen molar-refractivity contribution in [2.75, 3.05) is 27.3 Å². The second kappa shape index (κ2) is 6.67. The van der Waals surface area contributed by atoms with Gasteiger partial charge in [-0.15, -0.1) is 0 Å². The Labute approximate surface area is 128 Å². The van der Waals surface area contributed by atoms with Crippen LogP contribution in [0.15, 0.2) is 18.2 Å². The number of nitrogens with two attached hydrogens (primary N) is 1. The zero-order valence-electron chi connectivity index (χ0n) is 13.7. The Morgan fingerprint density at radius 3 is 2.38 bits per heavy atom. The molecule has 4 heteroatoms. The highest BCUT2D eigenvalue weighted by atomic mass is 16.5. The van der Waals surface area contributed by atoms with Gasteiger partial charge in [-0.3, -0.25) is 4.90 Å². The molecule has 0 saturated carbocycles. The topological polar surface area (TPSA) is 47.7 Å². The summed E-state index contributed by atoms with van der Waals surface area (Å²) in [6.45, 7) is 6.61. The highest BCUT2D eigenvalue weighted by Gasteiger charge is 2.30. The molecule has 1 atom stereocenters. The summed E-state index contributed by atoms with van der Waals surface area (Å²) in [6, 6.07) is 6.04. The molecule has 0 radical (unpaired) electrons. The van der Waals surface area contributed by atoms with Crippen molar-refractivity contribution in [2.45, 2.75) is 38.8 Å². The number of ether oxygens (including phenoxy) is 2. The van der Waals surface area contributed by atoms with Gasteiger partial charge in [0.05, 0.1) is 19.9 Å². The Morgan fingerprint density at radius 2 is 1.81 bits per heavy atom. The number of likely N-dealkylation sites (tertiary alicyclic amines) is 1. The van der Waals surface area contributed by atoms with E-state index >= 15 is 0 Å². The van der Waals surface area contributed by atoms with Crippen molar-refractivity contribution < 1.29 is 9.47 Å². The van der Waals surface area contributed by atoms with Crippen molar-refractivity contribution in [2.24, 2.45) is 11.7 Å². The lowest BCUT2D eigenvalue weighted by Gasteiger charge is -2.42. The van der Waals surface area contributed by atoms with Gasteiger partial charge >= 0.3 is 0 Å². The number of nitrogens with zero attached hydrogens (tertiary/aromatic N) is 1. The number of benzene rings is 1. The predicted octanol–water partition coefficient (Wildman–Crippen LogP) is 2.65. The lowest BCUT2D eigenvalue weighted by Crippen LogP contribution is -2.57. The van der Waals surface area contributed by atoms with E-state index < -0.39 is 0 Å². The summed E-state index contributed by atoms with van der Waals surface area (Å²) in [5.74, 6) is 2.34. The van der Waals surface area contributed by atoms with Crippen molar-refractivity contribution >= 4 is 0 Å². The Balaban J connectivity index is 2.09. The largest absolute Gasteiger partial charge is 0.493 e. The molecular weight excluding hydrogens is 264 g/mol. The predicted molar refractivity (Wildman–Crippen MR) is 85.8 cm³/mol. The summed E-state index contributed by atoms with van der Waals surface area (Å²) in [4.78, 5) is 2.41. The number of piperidine rings is 1. The minimum absolute atomic E-state index is 0.320. The summed E-state index contributed by atoms with van der Waals surface area (Å²) < 4.78 is 10.7. The molecule has 0 aromatic heterocycles. The monoisotopic (exact) mass is 292 g/mol. The number of methoxy groups -OCH3 is 2. The van der Waals surface area contributed by atoms with Crippen molar-refractivity contribution in [1.29, 1.82) is 0 Å². The molecule has 0 spiro atoms. The first-order chi connectivity index (χ1) is 9.96. The van der Waals surface area contributed by atoms with E-state index in [-0.39, 0.29) is 5.66 Å². The van der Waals surface area contributed by atoms with Gasteiger partial charge in [-0.05, 0) is 43.4 Å². The zero-order chi connectivity index (χ0) is 15.5. The number of rotatable bonds is 5. The van der Waals surface area contributed by atoms with Crippen LogP contribution in [0.25, 0.3) is 0 Å². The minimum Gasteiger partial charge on any atom is -0.493 e. The van der Waals surface area contributed by atoms with Crippen molar-refractivity contribution in [1.82, 2.24) is 4.90 Å². The van der Waals surface area contributed by atoms with Gasteiger partial charge in [0.2, 0.25) is 0 Å². The second-order valence-corrected chi connectivity index (χ2v) is 6.39. The first-order valence-electron chi connectivity index (χ1n) is 7.71. The zero-order valence-corrected chi connectivity index (χ0v) is 13.7. The van der Waals surface area contributed by atoms with Crippen LogP contribution in [0.2, 0.25) is 0 Å². The minimum atomic E-state index is -0.320. The average Bonchev–Trinajstić information content (AvgIpc) is 2.47. The lowest BCUT2D eigenvalue weighted by molar-refractivity contribution is 0.0694. The van der Waals surface area contributed by atoms with E-state index in [1.807, 2.05) is 12.1 Å². The SMILES string of the molecule is COc1ccc(CC(C)(N)N2CCC(C)CC2)cc1OC. The maximum Gasteiger partial charge on any atom is 0.160 e. The highest BCUT2D eigenvalue weighted by Crippen LogP contribution is 2.30. The third kappa shape index (κ3) is 3.89. The molecule has 0 bridgehead atoms. The van der Waals surface area contributed by atoms with Gasteiger partial charge in [0.15, 0.2) is 11.5 Å². The van der Waals surface area contributed by atoms with E-state index in [0.717, 1.165) is 36.9 Å². The van der Waals surface area contributed by atoms with Crippen molar-refractivity contribution in [3.05, 3.63) is 23.8 Å². The van der Waals surface area contributed by atoms with Crippen LogP contribution in [0.5, 0.6) is 11.5 Å². The maximum absolute atomic E-state index is 6.58. The highest BCUT2D eigenvalue weighted by molar-refractivity contribution is 5.43. The smallest absolute Gasteiger partial charge is 0.160 e. The fourth-order valence-electron chi connectivity index (χ4n) is 3.04. The standard InChI is InChI=1S/C17H28N2O2/c1-13-7-9-19(10-8-13)17(2,18)12-14-5-6-15(20-3)16(11-14)21-4/h5-6,11,13H,7-10,12,18H2,1-4H3. The molecule has 4 nitrogen and oxygen atoms in total. The molecule has 1 saturated heterocycles. The van der Waals surface area contributed by atoms with Gasteiger partial charge in [-0.25, -0.2) is 0 Å². The van der Waals surface area contributed by atoms with Gasteiger partial charge in [-0.2, -0.15) is 0 Å².